The summed E-state index contributed by atoms with van der Waals surface area (Å²) in [6, 6.07) is 18.4. The molecule has 0 spiro atoms. The lowest BCUT2D eigenvalue weighted by atomic mass is 9.95. The number of carbonyl (C=O) groups excluding carboxylic acids is 2. The topological polar surface area (TPSA) is 74.6 Å². The summed E-state index contributed by atoms with van der Waals surface area (Å²) in [6.07, 6.45) is 3.24. The largest absolute Gasteiger partial charge is 0.347 e. The lowest BCUT2D eigenvalue weighted by Crippen LogP contribution is -2.54. The monoisotopic (exact) mass is 512 g/mol. The van der Waals surface area contributed by atoms with Crippen molar-refractivity contribution in [3.05, 3.63) is 102 Å². The van der Waals surface area contributed by atoms with E-state index in [2.05, 4.69) is 16.8 Å². The molecular weight excluding hydrogens is 484 g/mol. The van der Waals surface area contributed by atoms with Crippen LogP contribution in [0.25, 0.3) is 10.7 Å². The van der Waals surface area contributed by atoms with E-state index in [1.54, 1.807) is 43.1 Å². The molecule has 0 aliphatic carbocycles. The Morgan fingerprint density at radius 2 is 1.46 bits per heavy atom. The fourth-order valence-electron chi connectivity index (χ4n) is 4.82. The number of likely N-dealkylation sites (N-methyl/N-ethyl adjacent to an activating group) is 1. The van der Waals surface area contributed by atoms with E-state index in [-0.39, 0.29) is 11.9 Å². The van der Waals surface area contributed by atoms with Gasteiger partial charge >= 0.3 is 6.03 Å². The Bertz CT molecular complexity index is 1410. The van der Waals surface area contributed by atoms with Gasteiger partial charge in [0.15, 0.2) is 0 Å². The highest BCUT2D eigenvalue weighted by Gasteiger charge is 2.45. The summed E-state index contributed by atoms with van der Waals surface area (Å²) >= 11 is 1.44. The molecule has 4 aromatic rings. The van der Waals surface area contributed by atoms with Gasteiger partial charge in [0, 0.05) is 25.4 Å². The van der Waals surface area contributed by atoms with Crippen molar-refractivity contribution in [2.45, 2.75) is 25.9 Å². The summed E-state index contributed by atoms with van der Waals surface area (Å²) in [5.74, 6) is -0.185. The first-order valence-corrected chi connectivity index (χ1v) is 12.8. The van der Waals surface area contributed by atoms with Crippen LogP contribution in [0.5, 0.6) is 0 Å². The summed E-state index contributed by atoms with van der Waals surface area (Å²) in [5.41, 5.74) is 4.11. The van der Waals surface area contributed by atoms with E-state index < -0.39 is 12.1 Å². The number of hydrogen-bond donors (Lipinski definition) is 0. The molecule has 0 N–H and O–H groups in total. The predicted octanol–water partition coefficient (Wildman–Crippen LogP) is 5.12. The van der Waals surface area contributed by atoms with Gasteiger partial charge in [0.2, 0.25) is 5.91 Å². The Balaban J connectivity index is 1.77. The maximum absolute atomic E-state index is 14.5. The van der Waals surface area contributed by atoms with Crippen molar-refractivity contribution in [3.63, 3.8) is 0 Å². The van der Waals surface area contributed by atoms with Crippen molar-refractivity contribution in [1.29, 1.82) is 0 Å². The predicted molar refractivity (Wildman–Crippen MR) is 146 cm³/mol. The van der Waals surface area contributed by atoms with Crippen LogP contribution < -0.4 is 4.90 Å². The van der Waals surface area contributed by atoms with Crippen molar-refractivity contribution in [3.8, 4) is 5.00 Å². The number of hydrogen-bond acceptors (Lipinski definition) is 5. The van der Waals surface area contributed by atoms with Gasteiger partial charge in [-0.1, -0.05) is 78.6 Å². The first-order chi connectivity index (χ1) is 17.8. The molecule has 5 rings (SSSR count). The van der Waals surface area contributed by atoms with Gasteiger partial charge in [-0.3, -0.25) is 14.6 Å². The van der Waals surface area contributed by atoms with Crippen molar-refractivity contribution < 1.29 is 9.59 Å². The molecule has 188 valence electrons. The zero-order valence-electron chi connectivity index (χ0n) is 21.2. The van der Waals surface area contributed by atoms with E-state index in [1.807, 2.05) is 67.6 Å². The molecule has 8 nitrogen and oxygen atoms in total. The molecule has 0 radical (unpaired) electrons. The molecule has 0 fully saturated rings. The minimum absolute atomic E-state index is 0.185. The van der Waals surface area contributed by atoms with Crippen molar-refractivity contribution >= 4 is 34.0 Å². The molecule has 3 amide bonds. The van der Waals surface area contributed by atoms with Gasteiger partial charge in [0.05, 0.1) is 18.4 Å². The third-order valence-corrected chi connectivity index (χ3v) is 7.85. The van der Waals surface area contributed by atoms with Crippen molar-refractivity contribution in [1.82, 2.24) is 24.8 Å². The Morgan fingerprint density at radius 1 is 0.919 bits per heavy atom. The lowest BCUT2D eigenvalue weighted by molar-refractivity contribution is -0.132. The van der Waals surface area contributed by atoms with E-state index in [0.29, 0.717) is 5.70 Å². The molecule has 0 saturated heterocycles. The quantitative estimate of drug-likeness (QED) is 0.360. The number of carbonyl (C=O) groups is 2. The molecular formula is C28H28N6O2S. The number of benzene rings is 2. The van der Waals surface area contributed by atoms with Crippen LogP contribution in [0.1, 0.15) is 35.2 Å². The second kappa shape index (κ2) is 9.67. The van der Waals surface area contributed by atoms with E-state index in [0.717, 1.165) is 32.3 Å². The highest BCUT2D eigenvalue weighted by atomic mass is 32.1. The van der Waals surface area contributed by atoms with Crippen LogP contribution in [0.2, 0.25) is 0 Å². The van der Waals surface area contributed by atoms with Crippen LogP contribution in [0, 0.1) is 6.92 Å². The molecule has 0 bridgehead atoms. The second-order valence-corrected chi connectivity index (χ2v) is 10.1. The minimum atomic E-state index is -0.747. The van der Waals surface area contributed by atoms with Gasteiger partial charge in [0.1, 0.15) is 16.0 Å². The number of nitrogens with zero attached hydrogens (tertiary/aromatic N) is 6. The second-order valence-electron chi connectivity index (χ2n) is 9.13. The van der Waals surface area contributed by atoms with E-state index >= 15 is 0 Å². The summed E-state index contributed by atoms with van der Waals surface area (Å²) < 4.78 is 0. The standard InChI is InChI=1S/C28H28N6O2S/c1-18-23-19(2)32(20(3)25(35)31(4)5)28(36)33(27(23)37-26(18)34-29-16-17-30-34)24(21-12-8-6-9-13-21)22-14-10-7-11-15-22/h6-17,20,24H,2H2,1,3-5H3/t20-/m1/s1. The average molecular weight is 513 g/mol. The summed E-state index contributed by atoms with van der Waals surface area (Å²) in [7, 11) is 3.38. The number of anilines is 1. The Morgan fingerprint density at radius 3 is 1.97 bits per heavy atom. The fourth-order valence-corrected chi connectivity index (χ4v) is 6.09. The molecule has 0 saturated carbocycles. The normalized spacial score (nSPS) is 14.2. The molecule has 2 aromatic heterocycles. The number of thiophene rings is 1. The number of aromatic nitrogens is 3. The molecule has 1 aliphatic rings. The maximum atomic E-state index is 14.5. The van der Waals surface area contributed by atoms with Crippen molar-refractivity contribution in [2.24, 2.45) is 0 Å². The molecule has 0 unspecified atom stereocenters. The molecule has 9 heteroatoms. The Hall–Kier alpha value is -4.24. The van der Waals surface area contributed by atoms with Crippen LogP contribution in [0.4, 0.5) is 9.80 Å². The molecule has 2 aromatic carbocycles. The third-order valence-electron chi connectivity index (χ3n) is 6.59. The van der Waals surface area contributed by atoms with Crippen LogP contribution in [0.15, 0.2) is 79.6 Å². The van der Waals surface area contributed by atoms with Crippen LogP contribution in [-0.4, -0.2) is 56.9 Å². The highest BCUT2D eigenvalue weighted by Crippen LogP contribution is 2.50. The van der Waals surface area contributed by atoms with Crippen LogP contribution >= 0.6 is 11.3 Å². The van der Waals surface area contributed by atoms with Gasteiger partial charge in [-0.05, 0) is 30.5 Å². The first-order valence-electron chi connectivity index (χ1n) is 11.9. The van der Waals surface area contributed by atoms with Crippen LogP contribution in [-0.2, 0) is 4.79 Å². The highest BCUT2D eigenvalue weighted by molar-refractivity contribution is 7.19. The van der Waals surface area contributed by atoms with Gasteiger partial charge in [-0.2, -0.15) is 10.2 Å². The first kappa shape index (κ1) is 24.5. The molecule has 37 heavy (non-hydrogen) atoms. The number of rotatable bonds is 6. The summed E-state index contributed by atoms with van der Waals surface area (Å²) in [5, 5.41) is 10.2. The van der Waals surface area contributed by atoms with E-state index in [4.69, 9.17) is 0 Å². The average Bonchev–Trinajstić information content (AvgIpc) is 3.55. The summed E-state index contributed by atoms with van der Waals surface area (Å²) in [4.78, 5) is 33.9. The molecule has 1 atom stereocenters. The maximum Gasteiger partial charge on any atom is 0.331 e. The smallest absolute Gasteiger partial charge is 0.331 e. The molecule has 1 aliphatic heterocycles. The number of urea groups is 1. The van der Waals surface area contributed by atoms with E-state index in [1.165, 1.54) is 21.1 Å². The fraction of sp³-hybridized carbons (Fsp3) is 0.214. The molecule has 3 heterocycles. The van der Waals surface area contributed by atoms with Gasteiger partial charge < -0.3 is 4.90 Å². The van der Waals surface area contributed by atoms with Crippen molar-refractivity contribution in [2.75, 3.05) is 19.0 Å². The lowest BCUT2D eigenvalue weighted by Gasteiger charge is -2.43. The Kier molecular flexibility index (Phi) is 6.39. The van der Waals surface area contributed by atoms with Gasteiger partial charge in [0.25, 0.3) is 0 Å². The zero-order chi connectivity index (χ0) is 26.3. The number of fused-ring (bicyclic) bond motifs is 1. The summed E-state index contributed by atoms with van der Waals surface area (Å²) in [6.45, 7) is 8.03. The van der Waals surface area contributed by atoms with Gasteiger partial charge in [-0.25, -0.2) is 4.79 Å². The van der Waals surface area contributed by atoms with Gasteiger partial charge in [-0.15, -0.1) is 4.80 Å². The zero-order valence-corrected chi connectivity index (χ0v) is 22.0. The number of amides is 3. The third kappa shape index (κ3) is 4.11. The Labute approximate surface area is 220 Å². The minimum Gasteiger partial charge on any atom is -0.347 e. The van der Waals surface area contributed by atoms with E-state index in [9.17, 15) is 9.59 Å². The van der Waals surface area contributed by atoms with Crippen LogP contribution in [0.3, 0.4) is 0 Å². The SMILES string of the molecule is C=C1c2c(sc(-n3nccn3)c2C)N(C(c2ccccc2)c2ccccc2)C(=O)N1[C@H](C)C(=O)N(C)C.